The van der Waals surface area contributed by atoms with Crippen LogP contribution in [0.25, 0.3) is 0 Å². The average molecular weight is 289 g/mol. The molecule has 1 N–H and O–H groups in total. The first-order valence-electron chi connectivity index (χ1n) is 5.74. The van der Waals surface area contributed by atoms with Crippen molar-refractivity contribution in [3.63, 3.8) is 0 Å². The van der Waals surface area contributed by atoms with Crippen molar-refractivity contribution < 1.29 is 27.5 Å². The van der Waals surface area contributed by atoms with E-state index in [2.05, 4.69) is 10.1 Å². The molecule has 0 saturated heterocycles. The first-order chi connectivity index (χ1) is 9.27. The van der Waals surface area contributed by atoms with Gasteiger partial charge in [0.05, 0.1) is 13.2 Å². The maximum atomic E-state index is 13.1. The third-order valence-electron chi connectivity index (χ3n) is 2.66. The molecule has 0 bridgehead atoms. The Bertz CT molecular complexity index is 473. The lowest BCUT2D eigenvalue weighted by Crippen LogP contribution is -2.44. The first kappa shape index (κ1) is 16.0. The predicted octanol–water partition coefficient (Wildman–Crippen LogP) is 2.22. The molecule has 1 aromatic rings. The van der Waals surface area contributed by atoms with Crippen LogP contribution >= 0.6 is 0 Å². The smallest absolute Gasteiger partial charge is 0.404 e. The van der Waals surface area contributed by atoms with E-state index in [0.29, 0.717) is 0 Å². The Morgan fingerprint density at radius 1 is 1.20 bits per heavy atom. The van der Waals surface area contributed by atoms with Crippen molar-refractivity contribution in [1.29, 1.82) is 0 Å². The molecule has 0 heterocycles. The summed E-state index contributed by atoms with van der Waals surface area (Å²) in [7, 11) is 0.872. The molecule has 2 atom stereocenters. The number of halogens is 3. The van der Waals surface area contributed by atoms with Gasteiger partial charge in [0.2, 0.25) is 5.91 Å². The van der Waals surface area contributed by atoms with Crippen LogP contribution in [-0.4, -0.2) is 25.2 Å². The highest BCUT2D eigenvalue weighted by Gasteiger charge is 2.51. The summed E-state index contributed by atoms with van der Waals surface area (Å²) in [5.74, 6) is -4.57. The number of esters is 1. The lowest BCUT2D eigenvalue weighted by atomic mass is 9.92. The second-order valence-corrected chi connectivity index (χ2v) is 4.13. The number of rotatable bonds is 4. The van der Waals surface area contributed by atoms with E-state index < -0.39 is 30.0 Å². The van der Waals surface area contributed by atoms with Gasteiger partial charge >= 0.3 is 12.1 Å². The van der Waals surface area contributed by atoms with Crippen LogP contribution in [0, 0.1) is 5.92 Å². The Hall–Kier alpha value is -2.05. The van der Waals surface area contributed by atoms with Gasteiger partial charge < -0.3 is 10.1 Å². The monoisotopic (exact) mass is 289 g/mol. The third kappa shape index (κ3) is 3.97. The molecule has 0 aliphatic carbocycles. The molecule has 0 fully saturated rings. The molecular weight excluding hydrogens is 275 g/mol. The zero-order valence-electron chi connectivity index (χ0n) is 10.9. The molecule has 0 saturated carbocycles. The molecule has 1 rings (SSSR count). The molecule has 1 amide bonds. The quantitative estimate of drug-likeness (QED) is 0.865. The van der Waals surface area contributed by atoms with Crippen LogP contribution in [0.5, 0.6) is 0 Å². The highest BCUT2D eigenvalue weighted by Crippen LogP contribution is 2.37. The molecular formula is C13H14F3NO3. The molecule has 0 spiro atoms. The number of nitrogens with one attached hydrogen (secondary N) is 1. The Kier molecular flexibility index (Phi) is 5.12. The molecule has 0 radical (unpaired) electrons. The minimum absolute atomic E-state index is 0.176. The van der Waals surface area contributed by atoms with Crippen LogP contribution in [0.4, 0.5) is 13.2 Å². The highest BCUT2D eigenvalue weighted by atomic mass is 19.4. The first-order valence-corrected chi connectivity index (χ1v) is 5.74. The summed E-state index contributed by atoms with van der Waals surface area (Å²) in [4.78, 5) is 22.6. The molecule has 1 aromatic carbocycles. The number of benzene rings is 1. The summed E-state index contributed by atoms with van der Waals surface area (Å²) in [5.41, 5.74) is 0.176. The standard InChI is InChI=1S/C13H14F3NO3/c1-8(18)17-11(9-6-4-3-5-7-9)10(12(19)20-2)13(14,15)16/h3-7,10-11H,1-2H3,(H,17,18)/t10-,11+/m1/s1. The number of carbonyl (C=O) groups excluding carboxylic acids is 2. The topological polar surface area (TPSA) is 55.4 Å². The summed E-state index contributed by atoms with van der Waals surface area (Å²) in [6.45, 7) is 1.08. The Morgan fingerprint density at radius 2 is 1.75 bits per heavy atom. The van der Waals surface area contributed by atoms with Gasteiger partial charge in [-0.05, 0) is 5.56 Å². The van der Waals surface area contributed by atoms with E-state index in [1.165, 1.54) is 24.3 Å². The molecule has 20 heavy (non-hydrogen) atoms. The van der Waals surface area contributed by atoms with E-state index in [-0.39, 0.29) is 5.56 Å². The van der Waals surface area contributed by atoms with Gasteiger partial charge in [-0.3, -0.25) is 9.59 Å². The number of ether oxygens (including phenoxy) is 1. The van der Waals surface area contributed by atoms with Gasteiger partial charge in [0.15, 0.2) is 5.92 Å². The SMILES string of the molecule is COC(=O)[C@@H]([C@@H](NC(C)=O)c1ccccc1)C(F)(F)F. The normalized spacial score (nSPS) is 14.2. The molecule has 0 aromatic heterocycles. The van der Waals surface area contributed by atoms with Gasteiger partial charge in [0, 0.05) is 6.92 Å². The van der Waals surface area contributed by atoms with E-state index in [1.807, 2.05) is 0 Å². The van der Waals surface area contributed by atoms with E-state index in [0.717, 1.165) is 14.0 Å². The van der Waals surface area contributed by atoms with E-state index in [4.69, 9.17) is 0 Å². The zero-order chi connectivity index (χ0) is 15.3. The van der Waals surface area contributed by atoms with Crippen LogP contribution in [0.1, 0.15) is 18.5 Å². The largest absolute Gasteiger partial charge is 0.468 e. The molecule has 4 nitrogen and oxygen atoms in total. The number of hydrogen-bond donors (Lipinski definition) is 1. The number of methoxy groups -OCH3 is 1. The van der Waals surface area contributed by atoms with Gasteiger partial charge in [0.25, 0.3) is 0 Å². The fraction of sp³-hybridized carbons (Fsp3) is 0.385. The number of amides is 1. The van der Waals surface area contributed by atoms with E-state index in [9.17, 15) is 22.8 Å². The van der Waals surface area contributed by atoms with Crippen molar-refractivity contribution in [2.75, 3.05) is 7.11 Å². The molecule has 7 heteroatoms. The second kappa shape index (κ2) is 6.40. The molecule has 0 aliphatic rings. The number of alkyl halides is 3. The average Bonchev–Trinajstić information content (AvgIpc) is 2.36. The van der Waals surface area contributed by atoms with Gasteiger partial charge in [-0.15, -0.1) is 0 Å². The van der Waals surface area contributed by atoms with Crippen molar-refractivity contribution in [1.82, 2.24) is 5.32 Å². The lowest BCUT2D eigenvalue weighted by molar-refractivity contribution is -0.201. The molecule has 110 valence electrons. The predicted molar refractivity (Wildman–Crippen MR) is 64.6 cm³/mol. The van der Waals surface area contributed by atoms with Crippen molar-refractivity contribution in [3.8, 4) is 0 Å². The summed E-state index contributed by atoms with van der Waals surface area (Å²) in [6, 6.07) is 5.95. The van der Waals surface area contributed by atoms with Crippen molar-refractivity contribution in [3.05, 3.63) is 35.9 Å². The van der Waals surface area contributed by atoms with Gasteiger partial charge in [-0.1, -0.05) is 30.3 Å². The van der Waals surface area contributed by atoms with Gasteiger partial charge in [0.1, 0.15) is 0 Å². The van der Waals surface area contributed by atoms with Crippen molar-refractivity contribution in [2.45, 2.75) is 19.1 Å². The van der Waals surface area contributed by atoms with Crippen LogP contribution in [0.3, 0.4) is 0 Å². The minimum Gasteiger partial charge on any atom is -0.468 e. The van der Waals surface area contributed by atoms with Crippen molar-refractivity contribution in [2.24, 2.45) is 5.92 Å². The highest BCUT2D eigenvalue weighted by molar-refractivity contribution is 5.78. The lowest BCUT2D eigenvalue weighted by Gasteiger charge is -2.27. The third-order valence-corrected chi connectivity index (χ3v) is 2.66. The maximum absolute atomic E-state index is 13.1. The fourth-order valence-electron chi connectivity index (χ4n) is 1.82. The van der Waals surface area contributed by atoms with E-state index >= 15 is 0 Å². The van der Waals surface area contributed by atoms with Crippen molar-refractivity contribution >= 4 is 11.9 Å². The molecule has 0 unspecified atom stereocenters. The number of carbonyl (C=O) groups is 2. The summed E-state index contributed by atoms with van der Waals surface area (Å²) < 4.78 is 43.5. The Morgan fingerprint density at radius 3 is 2.15 bits per heavy atom. The van der Waals surface area contributed by atoms with Gasteiger partial charge in [-0.25, -0.2) is 0 Å². The van der Waals surface area contributed by atoms with Gasteiger partial charge in [-0.2, -0.15) is 13.2 Å². The summed E-state index contributed by atoms with van der Waals surface area (Å²) in [5, 5.41) is 2.16. The number of hydrogen-bond acceptors (Lipinski definition) is 3. The van der Waals surface area contributed by atoms with Crippen LogP contribution < -0.4 is 5.32 Å². The fourth-order valence-corrected chi connectivity index (χ4v) is 1.82. The maximum Gasteiger partial charge on any atom is 0.404 e. The Labute approximate surface area is 113 Å². The molecule has 0 aliphatic heterocycles. The Balaban J connectivity index is 3.25. The summed E-state index contributed by atoms with van der Waals surface area (Å²) >= 11 is 0. The van der Waals surface area contributed by atoms with Crippen LogP contribution in [0.15, 0.2) is 30.3 Å². The zero-order valence-corrected chi connectivity index (χ0v) is 10.9. The van der Waals surface area contributed by atoms with Crippen LogP contribution in [-0.2, 0) is 14.3 Å². The second-order valence-electron chi connectivity index (χ2n) is 4.13. The van der Waals surface area contributed by atoms with Crippen LogP contribution in [0.2, 0.25) is 0 Å². The minimum atomic E-state index is -4.84. The summed E-state index contributed by atoms with van der Waals surface area (Å²) in [6.07, 6.45) is -4.84. The van der Waals surface area contributed by atoms with E-state index in [1.54, 1.807) is 6.07 Å².